The van der Waals surface area contributed by atoms with E-state index in [9.17, 15) is 8.78 Å². The molecule has 1 aliphatic rings. The first-order valence-electron chi connectivity index (χ1n) is 8.71. The fourth-order valence-corrected chi connectivity index (χ4v) is 3.24. The summed E-state index contributed by atoms with van der Waals surface area (Å²) in [5.41, 5.74) is 4.99. The molecule has 132 valence electrons. The number of hydrogen-bond donors (Lipinski definition) is 1. The molecule has 3 nitrogen and oxygen atoms in total. The lowest BCUT2D eigenvalue weighted by atomic mass is 10.00. The molecule has 26 heavy (non-hydrogen) atoms. The van der Waals surface area contributed by atoms with Gasteiger partial charge in [-0.1, -0.05) is 0 Å². The Labute approximate surface area is 151 Å². The number of aryl methyl sites for hydroxylation is 3. The lowest BCUT2D eigenvalue weighted by molar-refractivity contribution is 0.618. The van der Waals surface area contributed by atoms with Crippen molar-refractivity contribution in [3.05, 3.63) is 64.9 Å². The summed E-state index contributed by atoms with van der Waals surface area (Å²) in [4.78, 5) is 9.63. The number of aromatic nitrogens is 2. The Kier molecular flexibility index (Phi) is 4.15. The van der Waals surface area contributed by atoms with Gasteiger partial charge < -0.3 is 5.32 Å². The molecule has 3 aromatic rings. The van der Waals surface area contributed by atoms with Crippen molar-refractivity contribution in [2.75, 3.05) is 11.9 Å². The lowest BCUT2D eigenvalue weighted by Crippen LogP contribution is -2.16. The number of nitrogens with zero attached hydrogens (tertiary/aromatic N) is 2. The normalized spacial score (nSPS) is 13.2. The molecule has 1 aromatic heterocycles. The first kappa shape index (κ1) is 16.6. The van der Waals surface area contributed by atoms with Crippen molar-refractivity contribution in [2.45, 2.75) is 26.7 Å². The summed E-state index contributed by atoms with van der Waals surface area (Å²) in [6.07, 6.45) is 1.85. The van der Waals surface area contributed by atoms with Crippen LogP contribution < -0.4 is 5.32 Å². The molecule has 0 bridgehead atoms. The number of hydrogen-bond acceptors (Lipinski definition) is 3. The topological polar surface area (TPSA) is 37.8 Å². The number of anilines is 1. The average molecular weight is 351 g/mol. The van der Waals surface area contributed by atoms with Gasteiger partial charge in [0, 0.05) is 17.7 Å². The third-order valence-corrected chi connectivity index (χ3v) is 4.71. The van der Waals surface area contributed by atoms with Crippen LogP contribution in [0.4, 0.5) is 14.6 Å². The standard InChI is InChI=1S/C21H19F2N3/c1-12-10-14(5-7-16(12)22)19-20(15-6-8-17(23)13(2)11-15)26-21-18(25-19)4-3-9-24-21/h5-8,10-11H,3-4,9H2,1-2H3,(H,24,26). The van der Waals surface area contributed by atoms with Gasteiger partial charge in [0.25, 0.3) is 0 Å². The molecule has 1 aliphatic heterocycles. The van der Waals surface area contributed by atoms with E-state index < -0.39 is 0 Å². The maximum atomic E-state index is 13.7. The molecule has 0 fully saturated rings. The maximum absolute atomic E-state index is 13.7. The Morgan fingerprint density at radius 3 is 2.00 bits per heavy atom. The highest BCUT2D eigenvalue weighted by Gasteiger charge is 2.19. The molecule has 1 N–H and O–H groups in total. The van der Waals surface area contributed by atoms with E-state index in [0.717, 1.165) is 42.0 Å². The van der Waals surface area contributed by atoms with Gasteiger partial charge >= 0.3 is 0 Å². The van der Waals surface area contributed by atoms with Crippen molar-refractivity contribution in [1.29, 1.82) is 0 Å². The second-order valence-electron chi connectivity index (χ2n) is 6.67. The third-order valence-electron chi connectivity index (χ3n) is 4.71. The van der Waals surface area contributed by atoms with Gasteiger partial charge in [-0.05, 0) is 74.2 Å². The third kappa shape index (κ3) is 2.94. The maximum Gasteiger partial charge on any atom is 0.148 e. The van der Waals surface area contributed by atoms with Crippen molar-refractivity contribution in [1.82, 2.24) is 9.97 Å². The monoisotopic (exact) mass is 351 g/mol. The van der Waals surface area contributed by atoms with Crippen LogP contribution in [-0.2, 0) is 6.42 Å². The van der Waals surface area contributed by atoms with E-state index in [1.807, 2.05) is 0 Å². The molecule has 0 spiro atoms. The minimum Gasteiger partial charge on any atom is -0.369 e. The summed E-state index contributed by atoms with van der Waals surface area (Å²) >= 11 is 0. The van der Waals surface area contributed by atoms with Gasteiger partial charge in [-0.15, -0.1) is 0 Å². The Morgan fingerprint density at radius 2 is 1.42 bits per heavy atom. The van der Waals surface area contributed by atoms with Crippen molar-refractivity contribution in [3.8, 4) is 22.5 Å². The highest BCUT2D eigenvalue weighted by Crippen LogP contribution is 2.34. The molecule has 0 atom stereocenters. The van der Waals surface area contributed by atoms with E-state index in [1.54, 1.807) is 38.1 Å². The first-order chi connectivity index (χ1) is 12.5. The van der Waals surface area contributed by atoms with Crippen molar-refractivity contribution in [3.63, 3.8) is 0 Å². The summed E-state index contributed by atoms with van der Waals surface area (Å²) < 4.78 is 27.4. The molecule has 0 amide bonds. The Bertz CT molecular complexity index is 918. The molecule has 5 heteroatoms. The summed E-state index contributed by atoms with van der Waals surface area (Å²) in [5.74, 6) is 0.272. The summed E-state index contributed by atoms with van der Waals surface area (Å²) in [6, 6.07) is 9.87. The van der Waals surface area contributed by atoms with Crippen LogP contribution >= 0.6 is 0 Å². The van der Waals surface area contributed by atoms with Gasteiger partial charge in [0.15, 0.2) is 0 Å². The zero-order chi connectivity index (χ0) is 18.3. The molecule has 2 heterocycles. The van der Waals surface area contributed by atoms with Crippen molar-refractivity contribution >= 4 is 5.82 Å². The van der Waals surface area contributed by atoms with E-state index >= 15 is 0 Å². The van der Waals surface area contributed by atoms with Crippen LogP contribution in [0.25, 0.3) is 22.5 Å². The second kappa shape index (κ2) is 6.48. The molecular formula is C21H19F2N3. The highest BCUT2D eigenvalue weighted by atomic mass is 19.1. The van der Waals surface area contributed by atoms with Crippen LogP contribution in [0.1, 0.15) is 23.2 Å². The van der Waals surface area contributed by atoms with Crippen LogP contribution in [0.15, 0.2) is 36.4 Å². The molecule has 0 saturated carbocycles. The van der Waals surface area contributed by atoms with Crippen molar-refractivity contribution < 1.29 is 8.78 Å². The SMILES string of the molecule is Cc1cc(-c2nc3c(nc2-c2ccc(F)c(C)c2)NCCC3)ccc1F. The van der Waals surface area contributed by atoms with Crippen LogP contribution in [0.3, 0.4) is 0 Å². The fraction of sp³-hybridized carbons (Fsp3) is 0.238. The Morgan fingerprint density at radius 1 is 0.846 bits per heavy atom. The minimum absolute atomic E-state index is 0.250. The lowest BCUT2D eigenvalue weighted by Gasteiger charge is -2.20. The molecule has 2 aromatic carbocycles. The van der Waals surface area contributed by atoms with Crippen LogP contribution in [0.2, 0.25) is 0 Å². The smallest absolute Gasteiger partial charge is 0.148 e. The van der Waals surface area contributed by atoms with Gasteiger partial charge in [0.05, 0.1) is 17.1 Å². The molecular weight excluding hydrogens is 332 g/mol. The molecule has 0 saturated heterocycles. The van der Waals surface area contributed by atoms with E-state index in [-0.39, 0.29) is 11.6 Å². The number of halogens is 2. The van der Waals surface area contributed by atoms with Crippen molar-refractivity contribution in [2.24, 2.45) is 0 Å². The quantitative estimate of drug-likeness (QED) is 0.701. The average Bonchev–Trinajstić information content (AvgIpc) is 2.65. The molecule has 0 unspecified atom stereocenters. The van der Waals surface area contributed by atoms with E-state index in [0.29, 0.717) is 22.5 Å². The van der Waals surface area contributed by atoms with Gasteiger partial charge in [-0.2, -0.15) is 0 Å². The minimum atomic E-state index is -0.253. The first-order valence-corrected chi connectivity index (χ1v) is 8.71. The zero-order valence-corrected chi connectivity index (χ0v) is 14.7. The summed E-state index contributed by atoms with van der Waals surface area (Å²) in [5, 5.41) is 3.29. The largest absolute Gasteiger partial charge is 0.369 e. The highest BCUT2D eigenvalue weighted by molar-refractivity contribution is 5.80. The predicted octanol–water partition coefficient (Wildman–Crippen LogP) is 5.06. The Hall–Kier alpha value is -2.82. The number of rotatable bonds is 2. The van der Waals surface area contributed by atoms with Crippen LogP contribution in [0, 0.1) is 25.5 Å². The number of fused-ring (bicyclic) bond motifs is 1. The molecule has 4 rings (SSSR count). The van der Waals surface area contributed by atoms with E-state index in [4.69, 9.17) is 9.97 Å². The molecule has 0 radical (unpaired) electrons. The van der Waals surface area contributed by atoms with Gasteiger partial charge in [0.2, 0.25) is 0 Å². The van der Waals surface area contributed by atoms with Crippen LogP contribution in [0.5, 0.6) is 0 Å². The molecule has 0 aliphatic carbocycles. The van der Waals surface area contributed by atoms with Crippen LogP contribution in [-0.4, -0.2) is 16.5 Å². The van der Waals surface area contributed by atoms with Gasteiger partial charge in [-0.3, -0.25) is 0 Å². The summed E-state index contributed by atoms with van der Waals surface area (Å²) in [6.45, 7) is 4.32. The number of nitrogens with one attached hydrogen (secondary N) is 1. The van der Waals surface area contributed by atoms with E-state index in [2.05, 4.69) is 5.32 Å². The number of benzene rings is 2. The van der Waals surface area contributed by atoms with Gasteiger partial charge in [0.1, 0.15) is 17.5 Å². The zero-order valence-electron chi connectivity index (χ0n) is 14.7. The van der Waals surface area contributed by atoms with Gasteiger partial charge in [-0.25, -0.2) is 18.7 Å². The Balaban J connectivity index is 1.95. The second-order valence-corrected chi connectivity index (χ2v) is 6.67. The van der Waals surface area contributed by atoms with E-state index in [1.165, 1.54) is 12.1 Å². The fourth-order valence-electron chi connectivity index (χ4n) is 3.24. The summed E-state index contributed by atoms with van der Waals surface area (Å²) in [7, 11) is 0. The predicted molar refractivity (Wildman–Crippen MR) is 99.1 cm³/mol.